The van der Waals surface area contributed by atoms with Crippen molar-refractivity contribution in [3.05, 3.63) is 70.9 Å². The highest BCUT2D eigenvalue weighted by Gasteiger charge is 2.15. The lowest BCUT2D eigenvalue weighted by Gasteiger charge is -2.19. The predicted molar refractivity (Wildman–Crippen MR) is 139 cm³/mol. The fraction of sp³-hybridized carbons (Fsp3) is 0.333. The first kappa shape index (κ1) is 25.7. The Labute approximate surface area is 213 Å². The summed E-state index contributed by atoms with van der Waals surface area (Å²) in [4.78, 5) is 14.9. The topological polar surface area (TPSA) is 97.4 Å². The molecule has 2 aliphatic rings. The van der Waals surface area contributed by atoms with Crippen LogP contribution in [0.4, 0.5) is 4.39 Å². The lowest BCUT2D eigenvalue weighted by molar-refractivity contribution is -0.112. The van der Waals surface area contributed by atoms with Crippen LogP contribution in [0, 0.1) is 5.82 Å². The first-order chi connectivity index (χ1) is 17.5. The third-order valence-corrected chi connectivity index (χ3v) is 7.19. The summed E-state index contributed by atoms with van der Waals surface area (Å²) in [5.41, 5.74) is 7.06. The van der Waals surface area contributed by atoms with Crippen LogP contribution in [0.5, 0.6) is 11.5 Å². The Morgan fingerprint density at radius 1 is 1.03 bits per heavy atom. The van der Waals surface area contributed by atoms with E-state index in [9.17, 15) is 9.18 Å². The number of ether oxygens (including phenoxy) is 2. The summed E-state index contributed by atoms with van der Waals surface area (Å²) >= 11 is 1.24. The number of thiophene rings is 1. The normalized spacial score (nSPS) is 15.3. The van der Waals surface area contributed by atoms with E-state index in [2.05, 4.69) is 22.2 Å². The average molecular weight is 512 g/mol. The lowest BCUT2D eigenvalue weighted by atomic mass is 10.1. The van der Waals surface area contributed by atoms with Crippen LogP contribution < -0.4 is 15.2 Å². The van der Waals surface area contributed by atoms with Crippen molar-refractivity contribution in [1.29, 1.82) is 0 Å². The van der Waals surface area contributed by atoms with Crippen molar-refractivity contribution in [2.45, 2.75) is 25.7 Å². The van der Waals surface area contributed by atoms with E-state index < -0.39 is 5.91 Å². The number of amides is 1. The maximum absolute atomic E-state index is 12.8. The highest BCUT2D eigenvalue weighted by Crippen LogP contribution is 2.31. The Bertz CT molecular complexity index is 1190. The van der Waals surface area contributed by atoms with Gasteiger partial charge in [-0.3, -0.25) is 4.79 Å². The second-order valence-electron chi connectivity index (χ2n) is 8.61. The van der Waals surface area contributed by atoms with Gasteiger partial charge in [0.1, 0.15) is 19.0 Å². The van der Waals surface area contributed by atoms with Crippen LogP contribution in [0.1, 0.15) is 29.7 Å². The molecule has 36 heavy (non-hydrogen) atoms. The van der Waals surface area contributed by atoms with Crippen LogP contribution in [0.2, 0.25) is 0 Å². The van der Waals surface area contributed by atoms with Crippen molar-refractivity contribution < 1.29 is 23.9 Å². The summed E-state index contributed by atoms with van der Waals surface area (Å²) in [6.07, 6.45) is 5.13. The van der Waals surface area contributed by atoms with Crippen LogP contribution in [0.3, 0.4) is 0 Å². The summed E-state index contributed by atoms with van der Waals surface area (Å²) in [5.74, 6) is 0.694. The highest BCUT2D eigenvalue weighted by atomic mass is 32.1. The smallest absolute Gasteiger partial charge is 0.272 e. The number of hydrogen-bond donors (Lipinski definition) is 2. The Morgan fingerprint density at radius 3 is 2.44 bits per heavy atom. The molecule has 0 saturated carbocycles. The van der Waals surface area contributed by atoms with Crippen molar-refractivity contribution in [3.8, 4) is 21.9 Å². The quantitative estimate of drug-likeness (QED) is 0.272. The molecule has 0 atom stereocenters. The Morgan fingerprint density at radius 2 is 1.75 bits per heavy atom. The van der Waals surface area contributed by atoms with Crippen molar-refractivity contribution in [2.24, 2.45) is 10.9 Å². The Kier molecular flexibility index (Phi) is 8.91. The third kappa shape index (κ3) is 6.83. The molecule has 190 valence electrons. The number of carbonyl (C=O) groups excluding carboxylic acids is 1. The Hall–Kier alpha value is -3.43. The number of oxime groups is 1. The number of rotatable bonds is 7. The molecule has 0 bridgehead atoms. The van der Waals surface area contributed by atoms with E-state index in [1.165, 1.54) is 67.9 Å². The molecule has 2 aromatic carbocycles. The van der Waals surface area contributed by atoms with E-state index in [1.807, 2.05) is 6.07 Å². The number of primary amides is 1. The minimum atomic E-state index is -0.801. The first-order valence-electron chi connectivity index (χ1n) is 12.0. The lowest BCUT2D eigenvalue weighted by Crippen LogP contribution is -2.23. The van der Waals surface area contributed by atoms with Crippen LogP contribution in [0.25, 0.3) is 10.4 Å². The number of hydrogen-bond acceptors (Lipinski definition) is 7. The zero-order chi connectivity index (χ0) is 25.3. The van der Waals surface area contributed by atoms with E-state index in [4.69, 9.17) is 20.4 Å². The van der Waals surface area contributed by atoms with Gasteiger partial charge >= 0.3 is 0 Å². The fourth-order valence-electron chi connectivity index (χ4n) is 4.21. The molecule has 7 nitrogen and oxygen atoms in total. The zero-order valence-electron chi connectivity index (χ0n) is 20.0. The van der Waals surface area contributed by atoms with Gasteiger partial charge in [-0.1, -0.05) is 23.4 Å². The molecular formula is C27H30FN3O4S. The summed E-state index contributed by atoms with van der Waals surface area (Å²) in [6.45, 7) is 5.16. The van der Waals surface area contributed by atoms with E-state index in [1.54, 1.807) is 24.3 Å². The molecule has 1 saturated heterocycles. The maximum atomic E-state index is 12.8. The van der Waals surface area contributed by atoms with E-state index in [0.717, 1.165) is 28.4 Å². The second-order valence-corrected chi connectivity index (χ2v) is 9.70. The van der Waals surface area contributed by atoms with E-state index >= 15 is 0 Å². The molecule has 0 radical (unpaired) electrons. The number of carbonyl (C=O) groups is 1. The molecular weight excluding hydrogens is 481 g/mol. The summed E-state index contributed by atoms with van der Waals surface area (Å²) < 4.78 is 23.9. The minimum Gasteiger partial charge on any atom is -0.486 e. The standard InChI is InChI=1S/C15H21NO2.C12H9FN2O2S/c1-2-8-16(7-1)9-3-4-13-5-6-14-15(12-13)18-11-10-17-14;13-8-3-1-7(2-4-8)9-5-6-10(18-9)11(15-17)12(14)16/h5-6,12H,1-4,7-11H2;1-6,17H,(H2,14,16)/b;15-11+. The monoisotopic (exact) mass is 511 g/mol. The molecule has 0 aliphatic carbocycles. The van der Waals surface area contributed by atoms with Crippen LogP contribution >= 0.6 is 11.3 Å². The van der Waals surface area contributed by atoms with E-state index in [0.29, 0.717) is 18.1 Å². The molecule has 5 rings (SSSR count). The summed E-state index contributed by atoms with van der Waals surface area (Å²) in [6, 6.07) is 15.7. The number of nitrogens with zero attached hydrogens (tertiary/aromatic N) is 2. The molecule has 0 spiro atoms. The van der Waals surface area contributed by atoms with Gasteiger partial charge in [-0.25, -0.2) is 4.39 Å². The van der Waals surface area contributed by atoms with Gasteiger partial charge < -0.3 is 25.3 Å². The number of likely N-dealkylation sites (tertiary alicyclic amines) is 1. The average Bonchev–Trinajstić information content (AvgIpc) is 3.58. The fourth-order valence-corrected chi connectivity index (χ4v) is 5.21. The van der Waals surface area contributed by atoms with Crippen LogP contribution in [0.15, 0.2) is 59.8 Å². The number of nitrogens with two attached hydrogens (primary N) is 1. The number of aryl methyl sites for hydroxylation is 1. The van der Waals surface area contributed by atoms with Crippen LogP contribution in [-0.4, -0.2) is 54.6 Å². The van der Waals surface area contributed by atoms with Gasteiger partial charge in [0, 0.05) is 4.88 Å². The van der Waals surface area contributed by atoms with Crippen molar-refractivity contribution in [3.63, 3.8) is 0 Å². The Balaban J connectivity index is 0.000000169. The third-order valence-electron chi connectivity index (χ3n) is 6.05. The van der Waals surface area contributed by atoms with Crippen molar-refractivity contribution in [1.82, 2.24) is 4.90 Å². The SMILES string of the molecule is NC(=O)/C(=N/O)c1ccc(-c2ccc(F)cc2)s1.c1cc2c(cc1CCCN1CCCC1)OCCO2. The van der Waals surface area contributed by atoms with Gasteiger partial charge in [0.2, 0.25) is 0 Å². The van der Waals surface area contributed by atoms with Gasteiger partial charge in [0.05, 0.1) is 4.88 Å². The van der Waals surface area contributed by atoms with Gasteiger partial charge in [0.15, 0.2) is 17.2 Å². The van der Waals surface area contributed by atoms with Gasteiger partial charge in [-0.15, -0.1) is 11.3 Å². The number of fused-ring (bicyclic) bond motifs is 1. The largest absolute Gasteiger partial charge is 0.486 e. The molecule has 3 aromatic rings. The molecule has 2 aliphatic heterocycles. The van der Waals surface area contributed by atoms with Gasteiger partial charge in [-0.2, -0.15) is 0 Å². The molecule has 3 N–H and O–H groups in total. The van der Waals surface area contributed by atoms with Gasteiger partial charge in [-0.05, 0) is 92.8 Å². The summed E-state index contributed by atoms with van der Waals surface area (Å²) in [7, 11) is 0. The van der Waals surface area contributed by atoms with Gasteiger partial charge in [0.25, 0.3) is 5.91 Å². The number of halogens is 1. The molecule has 3 heterocycles. The molecule has 1 aromatic heterocycles. The summed E-state index contributed by atoms with van der Waals surface area (Å²) in [5, 5.41) is 11.6. The second kappa shape index (κ2) is 12.5. The molecule has 0 unspecified atom stereocenters. The minimum absolute atomic E-state index is 0.187. The maximum Gasteiger partial charge on any atom is 0.272 e. The van der Waals surface area contributed by atoms with E-state index in [-0.39, 0.29) is 11.5 Å². The zero-order valence-corrected chi connectivity index (χ0v) is 20.8. The van der Waals surface area contributed by atoms with Crippen LogP contribution in [-0.2, 0) is 11.2 Å². The van der Waals surface area contributed by atoms with Crippen molar-refractivity contribution in [2.75, 3.05) is 32.8 Å². The number of benzene rings is 2. The predicted octanol–water partition coefficient (Wildman–Crippen LogP) is 4.70. The van der Waals surface area contributed by atoms with Crippen molar-refractivity contribution >= 4 is 23.0 Å². The molecule has 1 amide bonds. The molecule has 9 heteroatoms. The highest BCUT2D eigenvalue weighted by molar-refractivity contribution is 7.18. The first-order valence-corrected chi connectivity index (χ1v) is 12.8. The molecule has 1 fully saturated rings.